The number of anilines is 1. The molecule has 1 N–H and O–H groups in total. The van der Waals surface area contributed by atoms with E-state index in [0.717, 1.165) is 36.0 Å². The molecule has 0 fully saturated rings. The van der Waals surface area contributed by atoms with E-state index < -0.39 is 0 Å². The van der Waals surface area contributed by atoms with Gasteiger partial charge in [-0.3, -0.25) is 4.99 Å². The van der Waals surface area contributed by atoms with Gasteiger partial charge in [0, 0.05) is 13.0 Å². The maximum absolute atomic E-state index is 5.96. The molecule has 0 atom stereocenters. The zero-order chi connectivity index (χ0) is 14.3. The smallest absolute Gasteiger partial charge is 0.150 e. The van der Waals surface area contributed by atoms with Gasteiger partial charge >= 0.3 is 0 Å². The molecule has 3 heteroatoms. The summed E-state index contributed by atoms with van der Waals surface area (Å²) in [5.74, 6) is 2.74. The zero-order valence-electron chi connectivity index (χ0n) is 12.1. The van der Waals surface area contributed by atoms with E-state index >= 15 is 0 Å². The molecule has 2 aromatic rings. The first-order valence-corrected chi connectivity index (χ1v) is 7.54. The van der Waals surface area contributed by atoms with Gasteiger partial charge in [0.25, 0.3) is 0 Å². The molecule has 1 aliphatic heterocycles. The summed E-state index contributed by atoms with van der Waals surface area (Å²) in [5, 5.41) is 3.43. The fourth-order valence-electron chi connectivity index (χ4n) is 2.41. The van der Waals surface area contributed by atoms with Crippen LogP contribution >= 0.6 is 0 Å². The lowest BCUT2D eigenvalue weighted by molar-refractivity contribution is 0.485. The Kier molecular flexibility index (Phi) is 4.52. The van der Waals surface area contributed by atoms with E-state index in [-0.39, 0.29) is 0 Å². The Hall–Kier alpha value is -2.29. The lowest BCUT2D eigenvalue weighted by Gasteiger charge is -2.14. The number of hydrogen-bond acceptors (Lipinski definition) is 3. The average molecular weight is 280 g/mol. The summed E-state index contributed by atoms with van der Waals surface area (Å²) in [4.78, 5) is 4.62. The lowest BCUT2D eigenvalue weighted by Crippen LogP contribution is -2.12. The van der Waals surface area contributed by atoms with Gasteiger partial charge in [-0.1, -0.05) is 36.8 Å². The van der Waals surface area contributed by atoms with Crippen LogP contribution in [-0.2, 0) is 0 Å². The summed E-state index contributed by atoms with van der Waals surface area (Å²) < 4.78 is 5.96. The van der Waals surface area contributed by atoms with E-state index in [1.807, 2.05) is 54.6 Å². The van der Waals surface area contributed by atoms with E-state index in [2.05, 4.69) is 10.3 Å². The Morgan fingerprint density at radius 1 is 0.857 bits per heavy atom. The topological polar surface area (TPSA) is 33.6 Å². The third kappa shape index (κ3) is 3.85. The Balaban J connectivity index is 1.77. The molecule has 0 spiro atoms. The van der Waals surface area contributed by atoms with Crippen LogP contribution in [0.2, 0.25) is 0 Å². The van der Waals surface area contributed by atoms with E-state index in [9.17, 15) is 0 Å². The monoisotopic (exact) mass is 280 g/mol. The van der Waals surface area contributed by atoms with Crippen LogP contribution in [0.1, 0.15) is 25.7 Å². The summed E-state index contributed by atoms with van der Waals surface area (Å²) >= 11 is 0. The predicted molar refractivity (Wildman–Crippen MR) is 87.4 cm³/mol. The standard InChI is InChI=1S/C18H20N2O/c1-3-9-15(10-4-1)21-17-12-7-6-11-16(17)20-18-13-5-2-8-14-19-18/h1,3-4,6-7,9-12H,2,5,8,13-14H2,(H,19,20). The molecule has 1 heterocycles. The molecule has 0 unspecified atom stereocenters. The van der Waals surface area contributed by atoms with Gasteiger partial charge in [-0.2, -0.15) is 0 Å². The number of ether oxygens (including phenoxy) is 1. The van der Waals surface area contributed by atoms with Crippen LogP contribution in [0.15, 0.2) is 59.6 Å². The van der Waals surface area contributed by atoms with Crippen molar-refractivity contribution in [3.05, 3.63) is 54.6 Å². The first-order chi connectivity index (χ1) is 10.4. The van der Waals surface area contributed by atoms with Gasteiger partial charge in [0.1, 0.15) is 11.6 Å². The molecule has 0 saturated carbocycles. The van der Waals surface area contributed by atoms with Crippen molar-refractivity contribution in [2.75, 3.05) is 11.9 Å². The highest BCUT2D eigenvalue weighted by Crippen LogP contribution is 2.29. The second kappa shape index (κ2) is 6.93. The second-order valence-electron chi connectivity index (χ2n) is 5.18. The van der Waals surface area contributed by atoms with Crippen LogP contribution < -0.4 is 10.1 Å². The van der Waals surface area contributed by atoms with Crippen molar-refractivity contribution in [1.82, 2.24) is 0 Å². The number of benzene rings is 2. The van der Waals surface area contributed by atoms with Crippen molar-refractivity contribution in [2.45, 2.75) is 25.7 Å². The van der Waals surface area contributed by atoms with Crippen LogP contribution in [0.5, 0.6) is 11.5 Å². The third-order valence-electron chi connectivity index (χ3n) is 3.51. The van der Waals surface area contributed by atoms with Crippen LogP contribution in [0, 0.1) is 0 Å². The molecule has 0 aliphatic carbocycles. The normalized spacial score (nSPS) is 15.0. The Labute approximate surface area is 125 Å². The summed E-state index contributed by atoms with van der Waals surface area (Å²) in [5.41, 5.74) is 0.974. The number of aliphatic imine (C=N–C) groups is 1. The lowest BCUT2D eigenvalue weighted by atomic mass is 10.2. The molecule has 0 aromatic heterocycles. The van der Waals surface area contributed by atoms with Crippen molar-refractivity contribution >= 4 is 11.5 Å². The zero-order valence-corrected chi connectivity index (χ0v) is 12.1. The van der Waals surface area contributed by atoms with Crippen LogP contribution in [-0.4, -0.2) is 12.4 Å². The third-order valence-corrected chi connectivity index (χ3v) is 3.51. The molecule has 0 bridgehead atoms. The van der Waals surface area contributed by atoms with Gasteiger partial charge in [0.15, 0.2) is 5.75 Å². The summed E-state index contributed by atoms with van der Waals surface area (Å²) in [6.07, 6.45) is 4.66. The number of nitrogens with one attached hydrogen (secondary N) is 1. The number of para-hydroxylation sites is 3. The molecule has 0 amide bonds. The quantitative estimate of drug-likeness (QED) is 0.870. The van der Waals surface area contributed by atoms with Crippen LogP contribution in [0.4, 0.5) is 5.69 Å². The molecule has 0 radical (unpaired) electrons. The minimum absolute atomic E-state index is 0.829. The highest BCUT2D eigenvalue weighted by atomic mass is 16.5. The SMILES string of the molecule is c1ccc(Oc2ccccc2NC2=NCCCCC2)cc1. The van der Waals surface area contributed by atoms with Crippen LogP contribution in [0.3, 0.4) is 0 Å². The summed E-state index contributed by atoms with van der Waals surface area (Å²) in [6, 6.07) is 17.9. The van der Waals surface area contributed by atoms with Crippen LogP contribution in [0.25, 0.3) is 0 Å². The molecular weight excluding hydrogens is 260 g/mol. The molecule has 1 aliphatic rings. The van der Waals surface area contributed by atoms with Gasteiger partial charge in [0.05, 0.1) is 5.69 Å². The summed E-state index contributed by atoms with van der Waals surface area (Å²) in [7, 11) is 0. The number of nitrogens with zero attached hydrogens (tertiary/aromatic N) is 1. The molecule has 3 nitrogen and oxygen atoms in total. The fourth-order valence-corrected chi connectivity index (χ4v) is 2.41. The van der Waals surface area contributed by atoms with Gasteiger partial charge < -0.3 is 10.1 Å². The Morgan fingerprint density at radius 2 is 1.67 bits per heavy atom. The van der Waals surface area contributed by atoms with Crippen molar-refractivity contribution in [2.24, 2.45) is 4.99 Å². The van der Waals surface area contributed by atoms with Crippen molar-refractivity contribution in [3.8, 4) is 11.5 Å². The minimum atomic E-state index is 0.829. The molecule has 0 saturated heterocycles. The summed E-state index contributed by atoms with van der Waals surface area (Å²) in [6.45, 7) is 0.921. The van der Waals surface area contributed by atoms with Gasteiger partial charge in [-0.25, -0.2) is 0 Å². The largest absolute Gasteiger partial charge is 0.455 e. The van der Waals surface area contributed by atoms with Crippen molar-refractivity contribution in [3.63, 3.8) is 0 Å². The maximum atomic E-state index is 5.96. The van der Waals surface area contributed by atoms with E-state index in [1.165, 1.54) is 19.3 Å². The van der Waals surface area contributed by atoms with E-state index in [0.29, 0.717) is 0 Å². The molecular formula is C18H20N2O. The highest BCUT2D eigenvalue weighted by Gasteiger charge is 2.08. The van der Waals surface area contributed by atoms with Crippen molar-refractivity contribution < 1.29 is 4.74 Å². The van der Waals surface area contributed by atoms with E-state index in [4.69, 9.17) is 4.74 Å². The molecule has 21 heavy (non-hydrogen) atoms. The van der Waals surface area contributed by atoms with Gasteiger partial charge in [-0.15, -0.1) is 0 Å². The van der Waals surface area contributed by atoms with Gasteiger partial charge in [0.2, 0.25) is 0 Å². The number of hydrogen-bond donors (Lipinski definition) is 1. The first kappa shape index (κ1) is 13.7. The first-order valence-electron chi connectivity index (χ1n) is 7.54. The predicted octanol–water partition coefficient (Wildman–Crippen LogP) is 4.86. The fraction of sp³-hybridized carbons (Fsp3) is 0.278. The minimum Gasteiger partial charge on any atom is -0.455 e. The Morgan fingerprint density at radius 3 is 2.57 bits per heavy atom. The maximum Gasteiger partial charge on any atom is 0.150 e. The van der Waals surface area contributed by atoms with Gasteiger partial charge in [-0.05, 0) is 37.1 Å². The molecule has 2 aromatic carbocycles. The van der Waals surface area contributed by atoms with E-state index in [1.54, 1.807) is 0 Å². The number of rotatable bonds is 3. The van der Waals surface area contributed by atoms with Crippen molar-refractivity contribution in [1.29, 1.82) is 0 Å². The molecule has 3 rings (SSSR count). The molecule has 108 valence electrons. The second-order valence-corrected chi connectivity index (χ2v) is 5.18. The highest BCUT2D eigenvalue weighted by molar-refractivity contribution is 5.96. The Bertz CT molecular complexity index is 608. The average Bonchev–Trinajstić information content (AvgIpc) is 2.79. The number of amidine groups is 1.